The molecule has 0 atom stereocenters. The lowest BCUT2D eigenvalue weighted by atomic mass is 10.2. The predicted octanol–water partition coefficient (Wildman–Crippen LogP) is 1.99. The summed E-state index contributed by atoms with van der Waals surface area (Å²) in [6.07, 6.45) is 0. The second-order valence-electron chi connectivity index (χ2n) is 2.93. The highest BCUT2D eigenvalue weighted by atomic mass is 32.1. The van der Waals surface area contributed by atoms with Gasteiger partial charge in [-0.05, 0) is 19.1 Å². The largest absolute Gasteiger partial charge is 0.497 e. The molecule has 0 fully saturated rings. The van der Waals surface area contributed by atoms with E-state index in [0.717, 1.165) is 23.6 Å². The van der Waals surface area contributed by atoms with Gasteiger partial charge in [0.25, 0.3) is 0 Å². The van der Waals surface area contributed by atoms with E-state index in [0.29, 0.717) is 4.99 Å². The fraction of sp³-hybridized carbons (Fsp3) is 0.364. The maximum absolute atomic E-state index is 5.25. The van der Waals surface area contributed by atoms with E-state index < -0.39 is 0 Å². The van der Waals surface area contributed by atoms with Crippen molar-refractivity contribution in [1.82, 2.24) is 5.32 Å². The van der Waals surface area contributed by atoms with Crippen LogP contribution in [-0.4, -0.2) is 25.8 Å². The molecule has 0 aliphatic rings. The molecule has 0 saturated heterocycles. The molecule has 3 nitrogen and oxygen atoms in total. The number of hydrogen-bond acceptors (Lipinski definition) is 3. The zero-order chi connectivity index (χ0) is 11.3. The summed E-state index contributed by atoms with van der Waals surface area (Å²) in [6, 6.07) is 5.57. The smallest absolute Gasteiger partial charge is 0.132 e. The predicted molar refractivity (Wildman–Crippen MR) is 64.9 cm³/mol. The molecule has 0 aromatic heterocycles. The maximum atomic E-state index is 5.25. The van der Waals surface area contributed by atoms with Crippen molar-refractivity contribution < 1.29 is 9.47 Å². The van der Waals surface area contributed by atoms with Crippen LogP contribution >= 0.6 is 12.2 Å². The Bertz CT molecular complexity index is 352. The van der Waals surface area contributed by atoms with Crippen LogP contribution in [0.4, 0.5) is 0 Å². The molecule has 1 N–H and O–H groups in total. The van der Waals surface area contributed by atoms with Gasteiger partial charge in [-0.2, -0.15) is 0 Å². The van der Waals surface area contributed by atoms with Crippen LogP contribution in [0.25, 0.3) is 0 Å². The quantitative estimate of drug-likeness (QED) is 0.794. The summed E-state index contributed by atoms with van der Waals surface area (Å²) >= 11 is 5.22. The van der Waals surface area contributed by atoms with Crippen LogP contribution in [0.5, 0.6) is 11.5 Å². The highest BCUT2D eigenvalue weighted by Crippen LogP contribution is 2.24. The maximum Gasteiger partial charge on any atom is 0.132 e. The fourth-order valence-corrected chi connectivity index (χ4v) is 1.55. The Kier molecular flexibility index (Phi) is 4.37. The second kappa shape index (κ2) is 5.56. The summed E-state index contributed by atoms with van der Waals surface area (Å²) < 4.78 is 10.4. The number of benzene rings is 1. The third kappa shape index (κ3) is 2.83. The summed E-state index contributed by atoms with van der Waals surface area (Å²) in [6.45, 7) is 2.80. The summed E-state index contributed by atoms with van der Waals surface area (Å²) in [5.41, 5.74) is 0.884. The van der Waals surface area contributed by atoms with E-state index in [1.54, 1.807) is 14.2 Å². The Morgan fingerprint density at radius 3 is 2.60 bits per heavy atom. The number of nitrogens with one attached hydrogen (secondary N) is 1. The zero-order valence-electron chi connectivity index (χ0n) is 9.16. The third-order valence-corrected chi connectivity index (χ3v) is 2.35. The number of hydrogen-bond donors (Lipinski definition) is 1. The first-order chi connectivity index (χ1) is 7.22. The van der Waals surface area contributed by atoms with Crippen molar-refractivity contribution in [3.63, 3.8) is 0 Å². The molecule has 0 amide bonds. The van der Waals surface area contributed by atoms with E-state index in [1.165, 1.54) is 0 Å². The average Bonchev–Trinajstić information content (AvgIpc) is 2.28. The minimum Gasteiger partial charge on any atom is -0.497 e. The molecule has 0 bridgehead atoms. The lowest BCUT2D eigenvalue weighted by Crippen LogP contribution is -2.22. The summed E-state index contributed by atoms with van der Waals surface area (Å²) in [5.74, 6) is 1.48. The Balaban J connectivity index is 3.02. The molecule has 0 heterocycles. The Labute approximate surface area is 95.4 Å². The van der Waals surface area contributed by atoms with Crippen LogP contribution in [0.2, 0.25) is 0 Å². The second-order valence-corrected chi connectivity index (χ2v) is 3.33. The van der Waals surface area contributed by atoms with Gasteiger partial charge in [0.05, 0.1) is 19.8 Å². The summed E-state index contributed by atoms with van der Waals surface area (Å²) in [5, 5.41) is 3.08. The van der Waals surface area contributed by atoms with Crippen molar-refractivity contribution in [2.75, 3.05) is 20.8 Å². The van der Waals surface area contributed by atoms with E-state index in [1.807, 2.05) is 25.1 Å². The van der Waals surface area contributed by atoms with Crippen molar-refractivity contribution in [3.05, 3.63) is 23.8 Å². The molecule has 4 heteroatoms. The molecule has 0 radical (unpaired) electrons. The zero-order valence-corrected chi connectivity index (χ0v) is 9.98. The SMILES string of the molecule is CCNC(=S)c1ccc(OC)cc1OC. The molecule has 1 rings (SSSR count). The van der Waals surface area contributed by atoms with E-state index >= 15 is 0 Å². The van der Waals surface area contributed by atoms with E-state index in [-0.39, 0.29) is 0 Å². The molecular weight excluding hydrogens is 210 g/mol. The molecular formula is C11H15NO2S. The molecule has 0 spiro atoms. The molecule has 0 unspecified atom stereocenters. The third-order valence-electron chi connectivity index (χ3n) is 1.99. The minimum atomic E-state index is 0.692. The monoisotopic (exact) mass is 225 g/mol. The molecule has 15 heavy (non-hydrogen) atoms. The van der Waals surface area contributed by atoms with Crippen LogP contribution in [-0.2, 0) is 0 Å². The summed E-state index contributed by atoms with van der Waals surface area (Å²) in [7, 11) is 3.24. The Morgan fingerprint density at radius 2 is 2.07 bits per heavy atom. The van der Waals surface area contributed by atoms with Gasteiger partial charge >= 0.3 is 0 Å². The first-order valence-corrected chi connectivity index (χ1v) is 5.14. The number of rotatable bonds is 4. The van der Waals surface area contributed by atoms with Gasteiger partial charge in [-0.15, -0.1) is 0 Å². The van der Waals surface area contributed by atoms with Gasteiger partial charge in [-0.25, -0.2) is 0 Å². The van der Waals surface area contributed by atoms with Gasteiger partial charge in [0.1, 0.15) is 16.5 Å². The molecule has 82 valence electrons. The van der Waals surface area contributed by atoms with Crippen LogP contribution in [0.1, 0.15) is 12.5 Å². The van der Waals surface area contributed by atoms with Gasteiger partial charge < -0.3 is 14.8 Å². The lowest BCUT2D eigenvalue weighted by Gasteiger charge is -2.11. The van der Waals surface area contributed by atoms with Gasteiger partial charge in [0.2, 0.25) is 0 Å². The highest BCUT2D eigenvalue weighted by Gasteiger charge is 2.08. The average molecular weight is 225 g/mol. The van der Waals surface area contributed by atoms with Gasteiger partial charge in [-0.1, -0.05) is 12.2 Å². The Morgan fingerprint density at radius 1 is 1.33 bits per heavy atom. The van der Waals surface area contributed by atoms with E-state index in [4.69, 9.17) is 21.7 Å². The molecule has 1 aromatic rings. The highest BCUT2D eigenvalue weighted by molar-refractivity contribution is 7.80. The number of ether oxygens (including phenoxy) is 2. The molecule has 0 aliphatic heterocycles. The summed E-state index contributed by atoms with van der Waals surface area (Å²) in [4.78, 5) is 0.692. The first kappa shape index (κ1) is 11.8. The van der Waals surface area contributed by atoms with Crippen molar-refractivity contribution >= 4 is 17.2 Å². The fourth-order valence-electron chi connectivity index (χ4n) is 1.24. The van der Waals surface area contributed by atoms with Gasteiger partial charge in [0, 0.05) is 12.6 Å². The van der Waals surface area contributed by atoms with Crippen LogP contribution in [0, 0.1) is 0 Å². The van der Waals surface area contributed by atoms with Gasteiger partial charge in [0.15, 0.2) is 0 Å². The molecule has 0 aliphatic carbocycles. The Hall–Kier alpha value is -1.29. The normalized spacial score (nSPS) is 9.53. The van der Waals surface area contributed by atoms with Crippen LogP contribution in [0.3, 0.4) is 0 Å². The van der Waals surface area contributed by atoms with Crippen LogP contribution < -0.4 is 14.8 Å². The van der Waals surface area contributed by atoms with Crippen LogP contribution in [0.15, 0.2) is 18.2 Å². The standard InChI is InChI=1S/C11H15NO2S/c1-4-12-11(15)9-6-5-8(13-2)7-10(9)14-3/h5-7H,4H2,1-3H3,(H,12,15). The van der Waals surface area contributed by atoms with Crippen molar-refractivity contribution in [1.29, 1.82) is 0 Å². The number of methoxy groups -OCH3 is 2. The first-order valence-electron chi connectivity index (χ1n) is 4.73. The van der Waals surface area contributed by atoms with Gasteiger partial charge in [-0.3, -0.25) is 0 Å². The van der Waals surface area contributed by atoms with E-state index in [2.05, 4.69) is 5.32 Å². The number of thiocarbonyl (C=S) groups is 1. The van der Waals surface area contributed by atoms with Crippen molar-refractivity contribution in [2.45, 2.75) is 6.92 Å². The van der Waals surface area contributed by atoms with E-state index in [9.17, 15) is 0 Å². The van der Waals surface area contributed by atoms with Crippen molar-refractivity contribution in [2.24, 2.45) is 0 Å². The lowest BCUT2D eigenvalue weighted by molar-refractivity contribution is 0.394. The minimum absolute atomic E-state index is 0.692. The van der Waals surface area contributed by atoms with Crippen molar-refractivity contribution in [3.8, 4) is 11.5 Å². The molecule has 1 aromatic carbocycles. The topological polar surface area (TPSA) is 30.5 Å². The molecule has 0 saturated carbocycles.